The molecule has 1 unspecified atom stereocenters. The number of hydrogen-bond donors (Lipinski definition) is 1. The first-order chi connectivity index (χ1) is 18.1. The van der Waals surface area contributed by atoms with E-state index in [1.165, 1.54) is 32.1 Å². The lowest BCUT2D eigenvalue weighted by atomic mass is 9.47. The highest BCUT2D eigenvalue weighted by Gasteiger charge is 2.59. The van der Waals surface area contributed by atoms with Gasteiger partial charge in [-0.05, 0) is 105 Å². The molecule has 0 aromatic heterocycles. The topological polar surface area (TPSA) is 64.1 Å². The van der Waals surface area contributed by atoms with Crippen molar-refractivity contribution in [2.24, 2.45) is 40.4 Å². The van der Waals surface area contributed by atoms with Crippen LogP contribution in [0.1, 0.15) is 91.9 Å². The summed E-state index contributed by atoms with van der Waals surface area (Å²) >= 11 is 0. The molecule has 0 aromatic rings. The third-order valence-corrected chi connectivity index (χ3v) is 12.4. The van der Waals surface area contributed by atoms with Gasteiger partial charge in [0.2, 0.25) is 5.91 Å². The van der Waals surface area contributed by atoms with Crippen molar-refractivity contribution in [3.63, 3.8) is 0 Å². The Hall–Kier alpha value is -1.56. The van der Waals surface area contributed by atoms with Crippen LogP contribution in [0, 0.1) is 40.4 Å². The number of carbonyl (C=O) groups is 2. The highest BCUT2D eigenvalue weighted by molar-refractivity contribution is 5.77. The van der Waals surface area contributed by atoms with Crippen molar-refractivity contribution in [2.45, 2.75) is 98.0 Å². The van der Waals surface area contributed by atoms with Crippen LogP contribution in [0.15, 0.2) is 11.6 Å². The standard InChI is InChI=1S/C32H53N3O3/c1-6-33(5)30(38)35-19-17-34(18-20-35)29(37)12-7-22(2)26-10-11-27-25-9-8-23-21-24(36)13-15-31(23,3)28(25)14-16-32(26,27)4/h8,22,24-28,36H,6-7,9-21H2,1-5H3/t22?,24-,25-,26+,27-,28-,31-,32+/m0/s1. The Morgan fingerprint density at radius 2 is 1.76 bits per heavy atom. The molecular weight excluding hydrogens is 474 g/mol. The van der Waals surface area contributed by atoms with Crippen LogP contribution in [0.25, 0.3) is 0 Å². The molecule has 1 aliphatic heterocycles. The summed E-state index contributed by atoms with van der Waals surface area (Å²) in [6.07, 6.45) is 13.6. The van der Waals surface area contributed by atoms with E-state index in [1.54, 1.807) is 10.5 Å². The summed E-state index contributed by atoms with van der Waals surface area (Å²) in [4.78, 5) is 31.2. The number of allylic oxidation sites excluding steroid dienone is 1. The van der Waals surface area contributed by atoms with Crippen LogP contribution in [-0.2, 0) is 4.79 Å². The average molecular weight is 528 g/mol. The quantitative estimate of drug-likeness (QED) is 0.476. The minimum atomic E-state index is -0.131. The van der Waals surface area contributed by atoms with E-state index in [0.29, 0.717) is 61.8 Å². The molecule has 3 saturated carbocycles. The molecule has 1 N–H and O–H groups in total. The molecule has 1 heterocycles. The number of aliphatic hydroxyl groups excluding tert-OH is 1. The van der Waals surface area contributed by atoms with Crippen molar-refractivity contribution in [3.8, 4) is 0 Å². The van der Waals surface area contributed by atoms with Crippen molar-refractivity contribution in [1.82, 2.24) is 14.7 Å². The minimum Gasteiger partial charge on any atom is -0.393 e. The Balaban J connectivity index is 1.16. The lowest BCUT2D eigenvalue weighted by molar-refractivity contribution is -0.133. The van der Waals surface area contributed by atoms with Crippen molar-refractivity contribution in [1.29, 1.82) is 0 Å². The summed E-state index contributed by atoms with van der Waals surface area (Å²) in [6, 6.07) is 0.0757. The van der Waals surface area contributed by atoms with Gasteiger partial charge in [-0.3, -0.25) is 4.79 Å². The van der Waals surface area contributed by atoms with Crippen LogP contribution in [0.3, 0.4) is 0 Å². The maximum absolute atomic E-state index is 13.1. The number of nitrogens with zero attached hydrogens (tertiary/aromatic N) is 3. The number of urea groups is 1. The van der Waals surface area contributed by atoms with Crippen LogP contribution in [-0.4, -0.2) is 77.6 Å². The zero-order chi connectivity index (χ0) is 27.2. The molecule has 5 aliphatic rings. The van der Waals surface area contributed by atoms with Crippen LogP contribution >= 0.6 is 0 Å². The van der Waals surface area contributed by atoms with Crippen molar-refractivity contribution >= 4 is 11.9 Å². The maximum atomic E-state index is 13.1. The van der Waals surface area contributed by atoms with Gasteiger partial charge in [-0.15, -0.1) is 0 Å². The van der Waals surface area contributed by atoms with Gasteiger partial charge < -0.3 is 19.8 Å². The van der Waals surface area contributed by atoms with E-state index in [-0.39, 0.29) is 18.0 Å². The van der Waals surface area contributed by atoms with Crippen LogP contribution in [0.2, 0.25) is 0 Å². The second kappa shape index (κ2) is 10.8. The molecule has 0 bridgehead atoms. The summed E-state index contributed by atoms with van der Waals surface area (Å²) in [5, 5.41) is 10.3. The normalized spacial score (nSPS) is 39.5. The van der Waals surface area contributed by atoms with E-state index in [1.807, 2.05) is 23.8 Å². The molecule has 0 spiro atoms. The summed E-state index contributed by atoms with van der Waals surface area (Å²) in [7, 11) is 1.84. The van der Waals surface area contributed by atoms with E-state index >= 15 is 0 Å². The Morgan fingerprint density at radius 1 is 1.05 bits per heavy atom. The lowest BCUT2D eigenvalue weighted by Crippen LogP contribution is -2.53. The van der Waals surface area contributed by atoms with Gasteiger partial charge in [0.15, 0.2) is 0 Å². The molecule has 0 aromatic carbocycles. The molecule has 38 heavy (non-hydrogen) atoms. The number of amides is 3. The highest BCUT2D eigenvalue weighted by atomic mass is 16.3. The van der Waals surface area contributed by atoms with Crippen molar-refractivity contribution < 1.29 is 14.7 Å². The Bertz CT molecular complexity index is 927. The molecule has 6 heteroatoms. The first kappa shape index (κ1) is 28.0. The Kier molecular flexibility index (Phi) is 7.94. The van der Waals surface area contributed by atoms with Gasteiger partial charge in [-0.1, -0.05) is 32.4 Å². The third-order valence-electron chi connectivity index (χ3n) is 12.4. The average Bonchev–Trinajstić information content (AvgIpc) is 3.28. The number of rotatable bonds is 5. The Labute approximate surface area is 231 Å². The van der Waals surface area contributed by atoms with Gasteiger partial charge >= 0.3 is 6.03 Å². The van der Waals surface area contributed by atoms with Gasteiger partial charge in [0, 0.05) is 46.2 Å². The molecule has 1 saturated heterocycles. The molecule has 8 atom stereocenters. The fraction of sp³-hybridized carbons (Fsp3) is 0.875. The fourth-order valence-corrected chi connectivity index (χ4v) is 9.85. The zero-order valence-electron chi connectivity index (χ0n) is 24.8. The summed E-state index contributed by atoms with van der Waals surface area (Å²) < 4.78 is 0. The zero-order valence-corrected chi connectivity index (χ0v) is 24.8. The second-order valence-corrected chi connectivity index (χ2v) is 14.1. The van der Waals surface area contributed by atoms with Crippen LogP contribution in [0.4, 0.5) is 4.79 Å². The summed E-state index contributed by atoms with van der Waals surface area (Å²) in [5.41, 5.74) is 2.27. The molecule has 3 amide bonds. The smallest absolute Gasteiger partial charge is 0.319 e. The third kappa shape index (κ3) is 4.81. The first-order valence-electron chi connectivity index (χ1n) is 15.7. The molecule has 4 fully saturated rings. The number of carbonyl (C=O) groups excluding carboxylic acids is 2. The summed E-state index contributed by atoms with van der Waals surface area (Å²) in [5.74, 6) is 3.94. The van der Waals surface area contributed by atoms with E-state index in [4.69, 9.17) is 0 Å². The molecular formula is C32H53N3O3. The van der Waals surface area contributed by atoms with Gasteiger partial charge in [0.25, 0.3) is 0 Å². The molecule has 6 nitrogen and oxygen atoms in total. The van der Waals surface area contributed by atoms with E-state index < -0.39 is 0 Å². The molecule has 0 radical (unpaired) electrons. The predicted octanol–water partition coefficient (Wildman–Crippen LogP) is 5.56. The largest absolute Gasteiger partial charge is 0.393 e. The first-order valence-corrected chi connectivity index (χ1v) is 15.7. The molecule has 5 rings (SSSR count). The van der Waals surface area contributed by atoms with Gasteiger partial charge in [0.1, 0.15) is 0 Å². The maximum Gasteiger partial charge on any atom is 0.319 e. The van der Waals surface area contributed by atoms with Crippen molar-refractivity contribution in [3.05, 3.63) is 11.6 Å². The predicted molar refractivity (Wildman–Crippen MR) is 151 cm³/mol. The van der Waals surface area contributed by atoms with Gasteiger partial charge in [-0.25, -0.2) is 4.79 Å². The number of piperazine rings is 1. The van der Waals surface area contributed by atoms with Crippen LogP contribution < -0.4 is 0 Å². The van der Waals surface area contributed by atoms with Gasteiger partial charge in [-0.2, -0.15) is 0 Å². The Morgan fingerprint density at radius 3 is 2.47 bits per heavy atom. The summed E-state index contributed by atoms with van der Waals surface area (Å²) in [6.45, 7) is 12.8. The fourth-order valence-electron chi connectivity index (χ4n) is 9.85. The molecule has 214 valence electrons. The lowest BCUT2D eigenvalue weighted by Gasteiger charge is -2.58. The second-order valence-electron chi connectivity index (χ2n) is 14.1. The monoisotopic (exact) mass is 527 g/mol. The number of hydrogen-bond acceptors (Lipinski definition) is 3. The van der Waals surface area contributed by atoms with E-state index in [9.17, 15) is 14.7 Å². The SMILES string of the molecule is CCN(C)C(=O)N1CCN(C(=O)CCC(C)[C@H]2CC[C@H]3[C@@H]4CC=C5C[C@@H](O)CC[C@]5(C)[C@H]4CC[C@]23C)CC1. The minimum absolute atomic E-state index is 0.0757. The van der Waals surface area contributed by atoms with Crippen molar-refractivity contribution in [2.75, 3.05) is 39.8 Å². The van der Waals surface area contributed by atoms with E-state index in [2.05, 4.69) is 26.8 Å². The van der Waals surface area contributed by atoms with Crippen LogP contribution in [0.5, 0.6) is 0 Å². The number of aliphatic hydroxyl groups is 1. The molecule has 4 aliphatic carbocycles. The number of fused-ring (bicyclic) bond motifs is 5. The van der Waals surface area contributed by atoms with E-state index in [0.717, 1.165) is 43.4 Å². The highest BCUT2D eigenvalue weighted by Crippen LogP contribution is 2.67. The van der Waals surface area contributed by atoms with Gasteiger partial charge in [0.05, 0.1) is 6.10 Å².